The molecule has 4 N–H and O–H groups in total. The molecule has 0 aliphatic heterocycles. The maximum absolute atomic E-state index is 12.0. The number of amides is 1. The summed E-state index contributed by atoms with van der Waals surface area (Å²) in [5.74, 6) is 0.515. The predicted octanol–water partition coefficient (Wildman–Crippen LogP) is 5.41. The van der Waals surface area contributed by atoms with E-state index in [0.717, 1.165) is 22.3 Å². The number of pyridine rings is 2. The van der Waals surface area contributed by atoms with Crippen molar-refractivity contribution in [3.05, 3.63) is 69.1 Å². The van der Waals surface area contributed by atoms with Crippen LogP contribution in [0.1, 0.15) is 61.4 Å². The Kier molecular flexibility index (Phi) is 7.89. The first-order chi connectivity index (χ1) is 16.2. The number of aryl methyl sites for hydroxylation is 2. The maximum atomic E-state index is 12.0. The van der Waals surface area contributed by atoms with Crippen LogP contribution in [0.4, 0.5) is 0 Å². The average molecular weight is 480 g/mol. The summed E-state index contributed by atoms with van der Waals surface area (Å²) in [6, 6.07) is 9.03. The van der Waals surface area contributed by atoms with Gasteiger partial charge in [0.05, 0.1) is 16.8 Å². The average Bonchev–Trinajstić information content (AvgIpc) is 2.81. The number of hydrogen-bond acceptors (Lipinski definition) is 6. The van der Waals surface area contributed by atoms with Crippen LogP contribution < -0.4 is 15.8 Å². The molecule has 34 heavy (non-hydrogen) atoms. The number of rotatable bonds is 8. The van der Waals surface area contributed by atoms with Gasteiger partial charge in [-0.2, -0.15) is 0 Å². The number of carbonyl (C=O) groups is 1. The Hall–Kier alpha value is -3.45. The summed E-state index contributed by atoms with van der Waals surface area (Å²) in [6.07, 6.45) is 1.62. The Bertz CT molecular complexity index is 1290. The minimum atomic E-state index is -0.322. The topological polar surface area (TPSA) is 114 Å². The van der Waals surface area contributed by atoms with Crippen LogP contribution in [0, 0.1) is 19.3 Å². The molecule has 8 heteroatoms. The van der Waals surface area contributed by atoms with Crippen LogP contribution in [0.2, 0.25) is 5.02 Å². The highest BCUT2D eigenvalue weighted by Crippen LogP contribution is 2.32. The molecule has 0 spiro atoms. The third-order valence-corrected chi connectivity index (χ3v) is 5.91. The van der Waals surface area contributed by atoms with Gasteiger partial charge in [0.25, 0.3) is 0 Å². The lowest BCUT2D eigenvalue weighted by atomic mass is 10.0. The Morgan fingerprint density at radius 2 is 1.97 bits per heavy atom. The lowest BCUT2D eigenvalue weighted by Gasteiger charge is -2.19. The number of nitrogens with one attached hydrogen (secondary N) is 2. The molecule has 1 aromatic carbocycles. The van der Waals surface area contributed by atoms with E-state index in [9.17, 15) is 4.79 Å². The Balaban J connectivity index is 2.03. The third kappa shape index (κ3) is 5.37. The van der Waals surface area contributed by atoms with E-state index in [4.69, 9.17) is 32.5 Å². The molecule has 0 aliphatic carbocycles. The molecule has 0 saturated heterocycles. The largest absolute Gasteiger partial charge is 0.486 e. The summed E-state index contributed by atoms with van der Waals surface area (Å²) in [5.41, 5.74) is 11.9. The molecule has 0 aliphatic rings. The van der Waals surface area contributed by atoms with E-state index in [1.165, 1.54) is 6.21 Å². The summed E-state index contributed by atoms with van der Waals surface area (Å²) >= 11 is 6.58. The van der Waals surface area contributed by atoms with Crippen LogP contribution in [0.5, 0.6) is 5.75 Å². The van der Waals surface area contributed by atoms with Gasteiger partial charge in [-0.05, 0) is 51.5 Å². The smallest absolute Gasteiger partial charge is 0.220 e. The normalized spacial score (nSPS) is 12.8. The highest BCUT2D eigenvalue weighted by Gasteiger charge is 2.19. The lowest BCUT2D eigenvalue weighted by Crippen LogP contribution is -2.27. The number of ether oxygens (including phenoxy) is 1. The zero-order valence-corrected chi connectivity index (χ0v) is 20.9. The van der Waals surface area contributed by atoms with Crippen molar-refractivity contribution in [1.82, 2.24) is 15.3 Å². The molecule has 0 bridgehead atoms. The van der Waals surface area contributed by atoms with Crippen LogP contribution in [-0.2, 0) is 11.4 Å². The molecular formula is C26H30ClN5O2. The summed E-state index contributed by atoms with van der Waals surface area (Å²) < 4.78 is 6.22. The van der Waals surface area contributed by atoms with E-state index in [0.29, 0.717) is 45.2 Å². The zero-order chi connectivity index (χ0) is 25.0. The monoisotopic (exact) mass is 479 g/mol. The van der Waals surface area contributed by atoms with E-state index >= 15 is 0 Å². The van der Waals surface area contributed by atoms with Crippen molar-refractivity contribution in [3.8, 4) is 5.75 Å². The van der Waals surface area contributed by atoms with Gasteiger partial charge in [0, 0.05) is 46.2 Å². The number of nitrogens with zero attached hydrogens (tertiary/aromatic N) is 2. The summed E-state index contributed by atoms with van der Waals surface area (Å²) in [5, 5.41) is 11.9. The number of allylic oxidation sites excluding steroid dienone is 1. The fraction of sp³-hybridized carbons (Fsp3) is 0.308. The molecule has 0 saturated carbocycles. The van der Waals surface area contributed by atoms with Crippen LogP contribution >= 0.6 is 11.6 Å². The Labute approximate surface area is 204 Å². The number of benzene rings is 1. The molecule has 2 heterocycles. The van der Waals surface area contributed by atoms with Gasteiger partial charge in [0.15, 0.2) is 0 Å². The second-order valence-electron chi connectivity index (χ2n) is 8.25. The van der Waals surface area contributed by atoms with Gasteiger partial charge in [-0.25, -0.2) is 4.98 Å². The maximum Gasteiger partial charge on any atom is 0.220 e. The minimum absolute atomic E-state index is 0.0640. The molecule has 1 atom stereocenters. The third-order valence-electron chi connectivity index (χ3n) is 5.57. The van der Waals surface area contributed by atoms with Crippen molar-refractivity contribution < 1.29 is 9.53 Å². The second-order valence-corrected chi connectivity index (χ2v) is 8.65. The molecule has 1 amide bonds. The zero-order valence-electron chi connectivity index (χ0n) is 20.1. The van der Waals surface area contributed by atoms with Crippen molar-refractivity contribution >= 4 is 40.3 Å². The minimum Gasteiger partial charge on any atom is -0.486 e. The van der Waals surface area contributed by atoms with Crippen molar-refractivity contribution in [2.24, 2.45) is 5.73 Å². The number of fused-ring (bicyclic) bond motifs is 1. The first-order valence-electron chi connectivity index (χ1n) is 11.1. The van der Waals surface area contributed by atoms with Gasteiger partial charge in [-0.3, -0.25) is 9.78 Å². The standard InChI is InChI=1S/C26H30ClN5O2/c1-6-23(33)32-17(5)25-20(21(27)11-16(4)30-25)13-34-22-9-7-8-18-19(24(29)14(2)12-28)10-15(3)31-26(18)22/h7-12,17,28H,6,13,29H2,1-5H3,(H,32,33)/b24-14-,28-12?. The van der Waals surface area contributed by atoms with E-state index in [1.807, 2.05) is 45.0 Å². The SMILES string of the molecule is CCC(=O)NC(C)c1nc(C)cc(Cl)c1COc1cccc2c(/C(N)=C(\C)C=N)cc(C)nc12. The van der Waals surface area contributed by atoms with Crippen LogP contribution in [-0.4, -0.2) is 22.1 Å². The number of halogens is 1. The summed E-state index contributed by atoms with van der Waals surface area (Å²) in [7, 11) is 0. The van der Waals surface area contributed by atoms with Gasteiger partial charge in [-0.1, -0.05) is 30.7 Å². The van der Waals surface area contributed by atoms with E-state index in [-0.39, 0.29) is 18.6 Å². The van der Waals surface area contributed by atoms with Crippen LogP contribution in [0.15, 0.2) is 35.9 Å². The number of nitrogens with two attached hydrogens (primary N) is 1. The second kappa shape index (κ2) is 10.7. The predicted molar refractivity (Wildman–Crippen MR) is 137 cm³/mol. The quantitative estimate of drug-likeness (QED) is 0.374. The molecule has 0 radical (unpaired) electrons. The van der Waals surface area contributed by atoms with Gasteiger partial charge in [0.1, 0.15) is 17.9 Å². The van der Waals surface area contributed by atoms with Gasteiger partial charge in [-0.15, -0.1) is 0 Å². The first kappa shape index (κ1) is 25.2. The summed E-state index contributed by atoms with van der Waals surface area (Å²) in [6.45, 7) is 9.40. The summed E-state index contributed by atoms with van der Waals surface area (Å²) in [4.78, 5) is 21.3. The number of aromatic nitrogens is 2. The fourth-order valence-corrected chi connectivity index (χ4v) is 4.03. The van der Waals surface area contributed by atoms with Gasteiger partial charge >= 0.3 is 0 Å². The van der Waals surface area contributed by atoms with Crippen molar-refractivity contribution in [2.45, 2.75) is 53.7 Å². The molecule has 3 aromatic rings. The molecule has 178 valence electrons. The lowest BCUT2D eigenvalue weighted by molar-refractivity contribution is -0.121. The Morgan fingerprint density at radius 1 is 1.26 bits per heavy atom. The molecule has 0 fully saturated rings. The highest BCUT2D eigenvalue weighted by molar-refractivity contribution is 6.31. The van der Waals surface area contributed by atoms with E-state index in [1.54, 1.807) is 19.9 Å². The molecule has 2 aromatic heterocycles. The molecule has 7 nitrogen and oxygen atoms in total. The van der Waals surface area contributed by atoms with Crippen molar-refractivity contribution in [2.75, 3.05) is 0 Å². The van der Waals surface area contributed by atoms with E-state index < -0.39 is 0 Å². The van der Waals surface area contributed by atoms with Crippen LogP contribution in [0.25, 0.3) is 16.6 Å². The van der Waals surface area contributed by atoms with E-state index in [2.05, 4.69) is 10.3 Å². The first-order valence-corrected chi connectivity index (χ1v) is 11.5. The molecular weight excluding hydrogens is 450 g/mol. The van der Waals surface area contributed by atoms with Crippen molar-refractivity contribution in [1.29, 1.82) is 5.41 Å². The number of para-hydroxylation sites is 1. The van der Waals surface area contributed by atoms with Crippen LogP contribution in [0.3, 0.4) is 0 Å². The highest BCUT2D eigenvalue weighted by atomic mass is 35.5. The molecule has 3 rings (SSSR count). The van der Waals surface area contributed by atoms with Crippen molar-refractivity contribution in [3.63, 3.8) is 0 Å². The Morgan fingerprint density at radius 3 is 2.65 bits per heavy atom. The fourth-order valence-electron chi connectivity index (χ4n) is 3.73. The number of carbonyl (C=O) groups excluding carboxylic acids is 1. The molecule has 1 unspecified atom stereocenters. The van der Waals surface area contributed by atoms with Gasteiger partial charge in [0.2, 0.25) is 5.91 Å². The number of hydrogen-bond donors (Lipinski definition) is 3. The van der Waals surface area contributed by atoms with Gasteiger partial charge < -0.3 is 21.2 Å².